The Hall–Kier alpha value is -3.50. The van der Waals surface area contributed by atoms with Crippen LogP contribution in [0.2, 0.25) is 0 Å². The molecule has 2 aliphatic heterocycles. The first-order chi connectivity index (χ1) is 17.9. The maximum atomic E-state index is 13.3. The van der Waals surface area contributed by atoms with E-state index in [1.54, 1.807) is 12.1 Å². The molecule has 2 aromatic carbocycles. The summed E-state index contributed by atoms with van der Waals surface area (Å²) >= 11 is 0. The molecule has 0 atom stereocenters. The fourth-order valence-corrected chi connectivity index (χ4v) is 4.68. The minimum Gasteiger partial charge on any atom is -0.379 e. The molecule has 0 unspecified atom stereocenters. The number of anilines is 2. The maximum Gasteiger partial charge on any atom is 0.269 e. The molecule has 2 aromatic rings. The molecule has 4 rings (SSSR count). The Balaban J connectivity index is 1.45. The largest absolute Gasteiger partial charge is 0.379 e. The number of non-ortho nitro benzene ring substituents is 1. The number of nitrogens with one attached hydrogen (secondary N) is 2. The summed E-state index contributed by atoms with van der Waals surface area (Å²) in [6.45, 7) is 8.82. The molecule has 0 spiro atoms. The molecule has 2 amide bonds. The van der Waals surface area contributed by atoms with Gasteiger partial charge in [0.2, 0.25) is 0 Å². The van der Waals surface area contributed by atoms with Crippen molar-refractivity contribution in [3.63, 3.8) is 0 Å². The van der Waals surface area contributed by atoms with E-state index in [0.29, 0.717) is 29.3 Å². The van der Waals surface area contributed by atoms with Gasteiger partial charge in [-0.3, -0.25) is 24.6 Å². The van der Waals surface area contributed by atoms with Gasteiger partial charge in [0.25, 0.3) is 17.5 Å². The molecular weight excluding hydrogens is 474 g/mol. The Labute approximate surface area is 217 Å². The zero-order valence-electron chi connectivity index (χ0n) is 21.3. The monoisotopic (exact) mass is 509 g/mol. The number of nitrogens with zero attached hydrogens (tertiary/aromatic N) is 3. The number of carbonyl (C=O) groups excluding carboxylic acids is 2. The van der Waals surface area contributed by atoms with Crippen molar-refractivity contribution in [1.82, 2.24) is 10.2 Å². The SMILES string of the molecule is CC1CCN(c2ccc(NC(=O)c3ccc([N+](=O)[O-])cc3)cc2C(=O)NCCCN2CCOCC2)CC1. The number of piperidine rings is 1. The molecule has 0 radical (unpaired) electrons. The summed E-state index contributed by atoms with van der Waals surface area (Å²) in [4.78, 5) is 41.0. The number of nitro benzene ring substituents is 1. The molecule has 198 valence electrons. The third kappa shape index (κ3) is 7.27. The smallest absolute Gasteiger partial charge is 0.269 e. The van der Waals surface area contributed by atoms with Gasteiger partial charge in [-0.2, -0.15) is 0 Å². The molecule has 2 N–H and O–H groups in total. The van der Waals surface area contributed by atoms with Gasteiger partial charge >= 0.3 is 0 Å². The molecule has 2 fully saturated rings. The quantitative estimate of drug-likeness (QED) is 0.302. The van der Waals surface area contributed by atoms with Gasteiger partial charge in [0.15, 0.2) is 0 Å². The number of hydrogen-bond donors (Lipinski definition) is 2. The normalized spacial score (nSPS) is 16.8. The second-order valence-electron chi connectivity index (χ2n) is 9.72. The number of nitro groups is 1. The topological polar surface area (TPSA) is 117 Å². The summed E-state index contributed by atoms with van der Waals surface area (Å²) in [5.74, 6) is 0.0994. The highest BCUT2D eigenvalue weighted by molar-refractivity contribution is 6.06. The van der Waals surface area contributed by atoms with Crippen LogP contribution in [0.15, 0.2) is 42.5 Å². The van der Waals surface area contributed by atoms with Gasteiger partial charge in [0, 0.05) is 61.8 Å². The van der Waals surface area contributed by atoms with Gasteiger partial charge in [0.05, 0.1) is 23.7 Å². The van der Waals surface area contributed by atoms with Crippen molar-refractivity contribution in [2.24, 2.45) is 5.92 Å². The molecule has 2 heterocycles. The van der Waals surface area contributed by atoms with E-state index < -0.39 is 10.8 Å². The highest BCUT2D eigenvalue weighted by atomic mass is 16.6. The van der Waals surface area contributed by atoms with Crippen molar-refractivity contribution in [1.29, 1.82) is 0 Å². The van der Waals surface area contributed by atoms with E-state index in [1.807, 2.05) is 6.07 Å². The second-order valence-corrected chi connectivity index (χ2v) is 9.72. The van der Waals surface area contributed by atoms with Gasteiger partial charge in [-0.15, -0.1) is 0 Å². The molecule has 10 heteroatoms. The lowest BCUT2D eigenvalue weighted by Gasteiger charge is -2.33. The average molecular weight is 510 g/mol. The zero-order chi connectivity index (χ0) is 26.2. The standard InChI is InChI=1S/C27H35N5O5/c1-20-9-13-31(14-10-20)25-8-5-22(29-26(33)21-3-6-23(7-4-21)32(35)36)19-24(25)27(34)28-11-2-12-30-15-17-37-18-16-30/h3-8,19-20H,2,9-18H2,1H3,(H,28,34)(H,29,33). The van der Waals surface area contributed by atoms with E-state index >= 15 is 0 Å². The van der Waals surface area contributed by atoms with Crippen LogP contribution in [0.25, 0.3) is 0 Å². The summed E-state index contributed by atoms with van der Waals surface area (Å²) in [5, 5.41) is 16.8. The molecule has 10 nitrogen and oxygen atoms in total. The first-order valence-electron chi connectivity index (χ1n) is 12.9. The van der Waals surface area contributed by atoms with Crippen molar-refractivity contribution in [2.75, 3.05) is 62.7 Å². The van der Waals surface area contributed by atoms with E-state index in [4.69, 9.17) is 4.74 Å². The number of ether oxygens (including phenoxy) is 1. The van der Waals surface area contributed by atoms with E-state index in [1.165, 1.54) is 24.3 Å². The number of amides is 2. The molecule has 2 saturated heterocycles. The Morgan fingerprint density at radius 2 is 1.73 bits per heavy atom. The van der Waals surface area contributed by atoms with Crippen LogP contribution in [0.4, 0.5) is 17.1 Å². The van der Waals surface area contributed by atoms with E-state index in [-0.39, 0.29) is 11.6 Å². The van der Waals surface area contributed by atoms with Crippen molar-refractivity contribution in [2.45, 2.75) is 26.2 Å². The Morgan fingerprint density at radius 1 is 1.03 bits per heavy atom. The van der Waals surface area contributed by atoms with Crippen LogP contribution in [0.5, 0.6) is 0 Å². The fourth-order valence-electron chi connectivity index (χ4n) is 4.68. The summed E-state index contributed by atoms with van der Waals surface area (Å²) < 4.78 is 5.39. The summed E-state index contributed by atoms with van der Waals surface area (Å²) in [6, 6.07) is 10.8. The van der Waals surface area contributed by atoms with Crippen molar-refractivity contribution < 1.29 is 19.2 Å². The van der Waals surface area contributed by atoms with Crippen molar-refractivity contribution in [3.8, 4) is 0 Å². The zero-order valence-corrected chi connectivity index (χ0v) is 21.3. The highest BCUT2D eigenvalue weighted by Crippen LogP contribution is 2.29. The lowest BCUT2D eigenvalue weighted by Crippen LogP contribution is -2.38. The van der Waals surface area contributed by atoms with Crippen LogP contribution in [0.1, 0.15) is 46.9 Å². The van der Waals surface area contributed by atoms with Crippen LogP contribution in [0, 0.1) is 16.0 Å². The Morgan fingerprint density at radius 3 is 2.41 bits per heavy atom. The molecule has 0 aliphatic carbocycles. The molecule has 0 aromatic heterocycles. The molecule has 0 saturated carbocycles. The minimum atomic E-state index is -0.506. The minimum absolute atomic E-state index is 0.0793. The number of carbonyl (C=O) groups is 2. The Bertz CT molecular complexity index is 1090. The maximum absolute atomic E-state index is 13.3. The summed E-state index contributed by atoms with van der Waals surface area (Å²) in [7, 11) is 0. The van der Waals surface area contributed by atoms with E-state index in [0.717, 1.165) is 70.9 Å². The van der Waals surface area contributed by atoms with Gasteiger partial charge in [-0.1, -0.05) is 6.92 Å². The molecule has 0 bridgehead atoms. The van der Waals surface area contributed by atoms with Crippen LogP contribution in [-0.4, -0.2) is 74.1 Å². The number of hydrogen-bond acceptors (Lipinski definition) is 7. The second kappa shape index (κ2) is 12.6. The van der Waals surface area contributed by atoms with E-state index in [2.05, 4.69) is 27.4 Å². The summed E-state index contributed by atoms with van der Waals surface area (Å²) in [5.41, 5.74) is 2.11. The average Bonchev–Trinajstić information content (AvgIpc) is 2.92. The van der Waals surface area contributed by atoms with Crippen molar-refractivity contribution >= 4 is 28.9 Å². The number of benzene rings is 2. The highest BCUT2D eigenvalue weighted by Gasteiger charge is 2.22. The molecule has 37 heavy (non-hydrogen) atoms. The number of rotatable bonds is 9. The van der Waals surface area contributed by atoms with Crippen LogP contribution in [-0.2, 0) is 4.74 Å². The summed E-state index contributed by atoms with van der Waals surface area (Å²) in [6.07, 6.45) is 2.98. The Kier molecular flexibility index (Phi) is 9.08. The third-order valence-corrected chi connectivity index (χ3v) is 7.00. The predicted molar refractivity (Wildman–Crippen MR) is 142 cm³/mol. The molecular formula is C27H35N5O5. The lowest BCUT2D eigenvalue weighted by atomic mass is 9.97. The van der Waals surface area contributed by atoms with Gasteiger partial charge in [0.1, 0.15) is 0 Å². The van der Waals surface area contributed by atoms with Crippen molar-refractivity contribution in [3.05, 3.63) is 63.7 Å². The van der Waals surface area contributed by atoms with Gasteiger partial charge in [-0.25, -0.2) is 0 Å². The fraction of sp³-hybridized carbons (Fsp3) is 0.481. The predicted octanol–water partition coefficient (Wildman–Crippen LogP) is 3.54. The number of morpholine rings is 1. The van der Waals surface area contributed by atoms with Crippen LogP contribution in [0.3, 0.4) is 0 Å². The molecule has 2 aliphatic rings. The third-order valence-electron chi connectivity index (χ3n) is 7.00. The lowest BCUT2D eigenvalue weighted by molar-refractivity contribution is -0.384. The first-order valence-corrected chi connectivity index (χ1v) is 12.9. The van der Waals surface area contributed by atoms with Gasteiger partial charge in [-0.05, 0) is 62.1 Å². The van der Waals surface area contributed by atoms with E-state index in [9.17, 15) is 19.7 Å². The van der Waals surface area contributed by atoms with Gasteiger partial charge < -0.3 is 20.3 Å². The first kappa shape index (κ1) is 26.6. The van der Waals surface area contributed by atoms with Crippen LogP contribution < -0.4 is 15.5 Å². The van der Waals surface area contributed by atoms with Crippen LogP contribution >= 0.6 is 0 Å².